The zero-order valence-electron chi connectivity index (χ0n) is 15.0. The Kier molecular flexibility index (Phi) is 5.68. The molecule has 25 heavy (non-hydrogen) atoms. The summed E-state index contributed by atoms with van der Waals surface area (Å²) in [7, 11) is 3.46. The van der Waals surface area contributed by atoms with E-state index in [9.17, 15) is 9.59 Å². The van der Waals surface area contributed by atoms with Crippen LogP contribution in [0.2, 0.25) is 0 Å². The Hall–Kier alpha value is -2.97. The number of nitrogens with one attached hydrogen (secondary N) is 1. The number of amides is 1. The van der Waals surface area contributed by atoms with Gasteiger partial charge >= 0.3 is 5.97 Å². The Morgan fingerprint density at radius 1 is 1.32 bits per heavy atom. The predicted octanol–water partition coefficient (Wildman–Crippen LogP) is 0.834. The minimum absolute atomic E-state index is 0.0629. The second kappa shape index (κ2) is 7.73. The molecule has 9 heteroatoms. The number of hydrogen-bond acceptors (Lipinski definition) is 7. The Morgan fingerprint density at radius 2 is 1.96 bits per heavy atom. The Bertz CT molecular complexity index is 759. The Labute approximate surface area is 146 Å². The zero-order chi connectivity index (χ0) is 18.6. The lowest BCUT2D eigenvalue weighted by Crippen LogP contribution is -2.35. The van der Waals surface area contributed by atoms with Gasteiger partial charge in [-0.2, -0.15) is 5.10 Å². The van der Waals surface area contributed by atoms with Crippen LogP contribution in [0.5, 0.6) is 0 Å². The van der Waals surface area contributed by atoms with Crippen LogP contribution in [-0.2, 0) is 21.4 Å². The van der Waals surface area contributed by atoms with Gasteiger partial charge in [0.05, 0.1) is 17.1 Å². The van der Waals surface area contributed by atoms with Gasteiger partial charge in [-0.05, 0) is 26.8 Å². The maximum atomic E-state index is 12.3. The number of ether oxygens (including phenoxy) is 1. The van der Waals surface area contributed by atoms with Crippen LogP contribution in [0.4, 0.5) is 11.6 Å². The first-order valence-corrected chi connectivity index (χ1v) is 7.78. The molecule has 134 valence electrons. The second-order valence-corrected chi connectivity index (χ2v) is 5.70. The van der Waals surface area contributed by atoms with E-state index in [1.165, 1.54) is 6.92 Å². The molecule has 0 aromatic carbocycles. The fourth-order valence-corrected chi connectivity index (χ4v) is 2.22. The summed E-state index contributed by atoms with van der Waals surface area (Å²) in [6.07, 6.45) is 2.23. The van der Waals surface area contributed by atoms with Crippen LogP contribution in [-0.4, -0.2) is 51.3 Å². The van der Waals surface area contributed by atoms with E-state index in [1.54, 1.807) is 49.1 Å². The number of hydrogen-bond donors (Lipinski definition) is 1. The van der Waals surface area contributed by atoms with E-state index in [4.69, 9.17) is 4.74 Å². The topological polar surface area (TPSA) is 102 Å². The smallest absolute Gasteiger partial charge is 0.326 e. The van der Waals surface area contributed by atoms with Gasteiger partial charge < -0.3 is 15.0 Å². The molecule has 0 aliphatic rings. The number of aryl methyl sites for hydroxylation is 2. The average molecular weight is 346 g/mol. The fraction of sp³-hybridized carbons (Fsp3) is 0.438. The summed E-state index contributed by atoms with van der Waals surface area (Å²) in [5, 5.41) is 6.98. The molecule has 1 N–H and O–H groups in total. The van der Waals surface area contributed by atoms with Crippen LogP contribution in [0.25, 0.3) is 0 Å². The molecule has 1 atom stereocenters. The highest BCUT2D eigenvalue weighted by molar-refractivity contribution is 5.96. The van der Waals surface area contributed by atoms with Crippen LogP contribution in [0.3, 0.4) is 0 Å². The third-order valence-corrected chi connectivity index (χ3v) is 3.69. The summed E-state index contributed by atoms with van der Waals surface area (Å²) in [5.74, 6) is -0.554. The van der Waals surface area contributed by atoms with Gasteiger partial charge in [-0.15, -0.1) is 0 Å². The lowest BCUT2D eigenvalue weighted by atomic mass is 10.3. The average Bonchev–Trinajstić information content (AvgIpc) is 2.81. The highest BCUT2D eigenvalue weighted by atomic mass is 16.5. The minimum Gasteiger partial charge on any atom is -0.451 e. The van der Waals surface area contributed by atoms with E-state index in [-0.39, 0.29) is 6.54 Å². The molecule has 2 heterocycles. The summed E-state index contributed by atoms with van der Waals surface area (Å²) < 4.78 is 6.86. The molecule has 0 fully saturated rings. The second-order valence-electron chi connectivity index (χ2n) is 5.70. The first-order valence-electron chi connectivity index (χ1n) is 7.78. The van der Waals surface area contributed by atoms with Crippen molar-refractivity contribution in [2.75, 3.05) is 23.8 Å². The molecular formula is C16H22N6O3. The van der Waals surface area contributed by atoms with Crippen molar-refractivity contribution in [3.8, 4) is 0 Å². The number of anilines is 2. The Morgan fingerprint density at radius 3 is 2.52 bits per heavy atom. The molecule has 0 aliphatic carbocycles. The predicted molar refractivity (Wildman–Crippen MR) is 92.2 cm³/mol. The van der Waals surface area contributed by atoms with Crippen molar-refractivity contribution in [1.82, 2.24) is 19.7 Å². The van der Waals surface area contributed by atoms with Crippen molar-refractivity contribution >= 4 is 23.5 Å². The van der Waals surface area contributed by atoms with Crippen LogP contribution < -0.4 is 10.2 Å². The van der Waals surface area contributed by atoms with Gasteiger partial charge in [-0.1, -0.05) is 0 Å². The monoisotopic (exact) mass is 346 g/mol. The van der Waals surface area contributed by atoms with Gasteiger partial charge in [0.2, 0.25) is 5.95 Å². The first-order chi connectivity index (χ1) is 11.8. The molecule has 0 bridgehead atoms. The lowest BCUT2D eigenvalue weighted by molar-refractivity contribution is -0.151. The maximum Gasteiger partial charge on any atom is 0.326 e. The molecule has 0 aliphatic heterocycles. The van der Waals surface area contributed by atoms with Gasteiger partial charge in [0.15, 0.2) is 6.10 Å². The molecular weight excluding hydrogens is 324 g/mol. The summed E-state index contributed by atoms with van der Waals surface area (Å²) in [5.41, 5.74) is 2.16. The number of carbonyl (C=O) groups excluding carboxylic acids is 2. The molecule has 2 rings (SSSR count). The van der Waals surface area contributed by atoms with Crippen molar-refractivity contribution in [1.29, 1.82) is 0 Å². The lowest BCUT2D eigenvalue weighted by Gasteiger charge is -2.18. The fourth-order valence-electron chi connectivity index (χ4n) is 2.22. The largest absolute Gasteiger partial charge is 0.451 e. The van der Waals surface area contributed by atoms with Crippen LogP contribution >= 0.6 is 0 Å². The summed E-state index contributed by atoms with van der Waals surface area (Å²) in [6, 6.07) is 1.69. The standard InChI is InChI=1S/C16H22N6O3/c1-10-14(11(2)22(5)20-10)19-15(24)12(3)25-13(23)9-21(4)16-17-7-6-8-18-16/h6-8,12H,9H2,1-5H3,(H,19,24). The number of carbonyl (C=O) groups is 2. The third kappa shape index (κ3) is 4.52. The van der Waals surface area contributed by atoms with Crippen molar-refractivity contribution in [3.63, 3.8) is 0 Å². The van der Waals surface area contributed by atoms with Gasteiger partial charge in [0.25, 0.3) is 5.91 Å². The first kappa shape index (κ1) is 18.4. The number of likely N-dealkylation sites (N-methyl/N-ethyl adjacent to an activating group) is 1. The highest BCUT2D eigenvalue weighted by Crippen LogP contribution is 2.18. The van der Waals surface area contributed by atoms with Crippen molar-refractivity contribution < 1.29 is 14.3 Å². The van der Waals surface area contributed by atoms with E-state index in [1.807, 2.05) is 6.92 Å². The maximum absolute atomic E-state index is 12.3. The van der Waals surface area contributed by atoms with Gasteiger partial charge in [-0.3, -0.25) is 14.3 Å². The molecule has 0 radical (unpaired) electrons. The van der Waals surface area contributed by atoms with Gasteiger partial charge in [0, 0.05) is 26.5 Å². The number of nitrogens with zero attached hydrogens (tertiary/aromatic N) is 5. The van der Waals surface area contributed by atoms with E-state index < -0.39 is 18.0 Å². The minimum atomic E-state index is -0.934. The molecule has 0 spiro atoms. The van der Waals surface area contributed by atoms with Crippen LogP contribution in [0.15, 0.2) is 18.5 Å². The van der Waals surface area contributed by atoms with E-state index in [2.05, 4.69) is 20.4 Å². The molecule has 1 amide bonds. The van der Waals surface area contributed by atoms with Gasteiger partial charge in [-0.25, -0.2) is 9.97 Å². The van der Waals surface area contributed by atoms with Crippen LogP contribution in [0.1, 0.15) is 18.3 Å². The number of rotatable bonds is 6. The molecule has 2 aromatic heterocycles. The molecule has 0 saturated heterocycles. The highest BCUT2D eigenvalue weighted by Gasteiger charge is 2.21. The quantitative estimate of drug-likeness (QED) is 0.773. The number of esters is 1. The zero-order valence-corrected chi connectivity index (χ0v) is 15.0. The van der Waals surface area contributed by atoms with Crippen molar-refractivity contribution in [2.45, 2.75) is 26.9 Å². The SMILES string of the molecule is Cc1nn(C)c(C)c1NC(=O)C(C)OC(=O)CN(C)c1ncccn1. The molecule has 0 saturated carbocycles. The normalized spacial score (nSPS) is 11.7. The van der Waals surface area contributed by atoms with Crippen molar-refractivity contribution in [2.24, 2.45) is 7.05 Å². The van der Waals surface area contributed by atoms with E-state index in [0.717, 1.165) is 5.69 Å². The molecule has 2 aromatic rings. The summed E-state index contributed by atoms with van der Waals surface area (Å²) in [4.78, 5) is 33.9. The molecule has 1 unspecified atom stereocenters. The summed E-state index contributed by atoms with van der Waals surface area (Å²) in [6.45, 7) is 5.11. The summed E-state index contributed by atoms with van der Waals surface area (Å²) >= 11 is 0. The van der Waals surface area contributed by atoms with E-state index in [0.29, 0.717) is 17.3 Å². The third-order valence-electron chi connectivity index (χ3n) is 3.69. The molecule has 9 nitrogen and oxygen atoms in total. The number of aromatic nitrogens is 4. The van der Waals surface area contributed by atoms with Gasteiger partial charge in [0.1, 0.15) is 6.54 Å². The Balaban J connectivity index is 1.91. The van der Waals surface area contributed by atoms with Crippen molar-refractivity contribution in [3.05, 3.63) is 29.8 Å². The van der Waals surface area contributed by atoms with Crippen LogP contribution in [0, 0.1) is 13.8 Å². The van der Waals surface area contributed by atoms with E-state index >= 15 is 0 Å².